The van der Waals surface area contributed by atoms with Gasteiger partial charge >= 0.3 is 5.70 Å². The van der Waals surface area contributed by atoms with Gasteiger partial charge in [0, 0.05) is 24.2 Å². The van der Waals surface area contributed by atoms with Crippen LogP contribution in [0.15, 0.2) is 35.7 Å². The molecule has 0 aromatic heterocycles. The van der Waals surface area contributed by atoms with Gasteiger partial charge < -0.3 is 5.32 Å². The number of Topliss-reactive ketones (excluding diaryl/α,β-unsaturated/α-hetero) is 1. The highest BCUT2D eigenvalue weighted by Gasteiger charge is 2.30. The number of rotatable bonds is 4. The van der Waals surface area contributed by atoms with E-state index in [4.69, 9.17) is 0 Å². The number of anilines is 1. The van der Waals surface area contributed by atoms with Gasteiger partial charge in [-0.25, -0.2) is 0 Å². The SMILES string of the molecule is O=C1CCCC(Nc2ccc([N+](=O)[O-])cc2)=C1[N+](=O)[O-]. The lowest BCUT2D eigenvalue weighted by molar-refractivity contribution is -0.420. The minimum Gasteiger partial charge on any atom is -0.353 e. The molecule has 20 heavy (non-hydrogen) atoms. The number of carbonyl (C=O) groups is 1. The van der Waals surface area contributed by atoms with Crippen LogP contribution in [0.4, 0.5) is 11.4 Å². The Bertz CT molecular complexity index is 606. The molecule has 1 aliphatic carbocycles. The van der Waals surface area contributed by atoms with Crippen LogP contribution in [0.3, 0.4) is 0 Å². The molecule has 0 aliphatic heterocycles. The number of nitrogens with zero attached hydrogens (tertiary/aromatic N) is 2. The number of non-ortho nitro benzene ring substituents is 1. The first-order valence-corrected chi connectivity index (χ1v) is 5.91. The number of hydrogen-bond acceptors (Lipinski definition) is 6. The summed E-state index contributed by atoms with van der Waals surface area (Å²) in [7, 11) is 0. The zero-order chi connectivity index (χ0) is 14.7. The van der Waals surface area contributed by atoms with E-state index in [0.29, 0.717) is 18.5 Å². The standard InChI is InChI=1S/C12H11N3O5/c16-11-3-1-2-10(12(11)15(19)20)13-8-4-6-9(7-5-8)14(17)18/h4-7,13H,1-3H2. The predicted molar refractivity (Wildman–Crippen MR) is 69.6 cm³/mol. The minimum absolute atomic E-state index is 0.0706. The molecule has 1 aromatic carbocycles. The number of benzene rings is 1. The van der Waals surface area contributed by atoms with E-state index in [1.54, 1.807) is 0 Å². The molecule has 0 fully saturated rings. The second-order valence-electron chi connectivity index (χ2n) is 4.29. The van der Waals surface area contributed by atoms with Gasteiger partial charge in [0.1, 0.15) is 0 Å². The van der Waals surface area contributed by atoms with E-state index in [-0.39, 0.29) is 17.8 Å². The molecule has 0 atom stereocenters. The highest BCUT2D eigenvalue weighted by atomic mass is 16.6. The Morgan fingerprint density at radius 1 is 1.00 bits per heavy atom. The number of nitro groups is 2. The fraction of sp³-hybridized carbons (Fsp3) is 0.250. The molecule has 8 heteroatoms. The van der Waals surface area contributed by atoms with Crippen molar-refractivity contribution >= 4 is 17.2 Å². The van der Waals surface area contributed by atoms with E-state index < -0.39 is 21.3 Å². The van der Waals surface area contributed by atoms with Crippen LogP contribution in [0.25, 0.3) is 0 Å². The van der Waals surface area contributed by atoms with Crippen LogP contribution in [0.1, 0.15) is 19.3 Å². The van der Waals surface area contributed by atoms with Crippen LogP contribution >= 0.6 is 0 Å². The Hall–Kier alpha value is -2.77. The summed E-state index contributed by atoms with van der Waals surface area (Å²) in [6.45, 7) is 0. The molecule has 2 rings (SSSR count). The van der Waals surface area contributed by atoms with Crippen LogP contribution in [-0.2, 0) is 4.79 Å². The maximum absolute atomic E-state index is 11.6. The van der Waals surface area contributed by atoms with E-state index in [1.807, 2.05) is 0 Å². The fourth-order valence-electron chi connectivity index (χ4n) is 2.01. The highest BCUT2D eigenvalue weighted by Crippen LogP contribution is 2.25. The zero-order valence-electron chi connectivity index (χ0n) is 10.4. The van der Waals surface area contributed by atoms with Crippen molar-refractivity contribution in [3.8, 4) is 0 Å². The van der Waals surface area contributed by atoms with Gasteiger partial charge in [-0.2, -0.15) is 0 Å². The molecule has 0 heterocycles. The molecular weight excluding hydrogens is 266 g/mol. The third kappa shape index (κ3) is 2.79. The summed E-state index contributed by atoms with van der Waals surface area (Å²) in [6, 6.07) is 5.47. The second-order valence-corrected chi connectivity index (χ2v) is 4.29. The van der Waals surface area contributed by atoms with Gasteiger partial charge in [0.05, 0.1) is 15.5 Å². The largest absolute Gasteiger partial charge is 0.353 e. The smallest absolute Gasteiger partial charge is 0.330 e. The van der Waals surface area contributed by atoms with Gasteiger partial charge in [0.15, 0.2) is 0 Å². The van der Waals surface area contributed by atoms with E-state index in [1.165, 1.54) is 24.3 Å². The van der Waals surface area contributed by atoms with Crippen molar-refractivity contribution in [2.75, 3.05) is 5.32 Å². The summed E-state index contributed by atoms with van der Waals surface area (Å²) >= 11 is 0. The van der Waals surface area contributed by atoms with Crippen molar-refractivity contribution in [3.05, 3.63) is 55.9 Å². The molecule has 8 nitrogen and oxygen atoms in total. The molecule has 0 spiro atoms. The van der Waals surface area contributed by atoms with Gasteiger partial charge in [-0.3, -0.25) is 25.0 Å². The van der Waals surface area contributed by atoms with Crippen LogP contribution in [-0.4, -0.2) is 15.6 Å². The number of nitro benzene ring substituents is 1. The fourth-order valence-corrected chi connectivity index (χ4v) is 2.01. The van der Waals surface area contributed by atoms with E-state index >= 15 is 0 Å². The van der Waals surface area contributed by atoms with Gasteiger partial charge in [-0.1, -0.05) is 0 Å². The zero-order valence-corrected chi connectivity index (χ0v) is 10.4. The third-order valence-corrected chi connectivity index (χ3v) is 2.94. The molecule has 1 aromatic rings. The van der Waals surface area contributed by atoms with E-state index in [2.05, 4.69) is 5.32 Å². The molecular formula is C12H11N3O5. The summed E-state index contributed by atoms with van der Waals surface area (Å²) in [6.07, 6.45) is 1.12. The maximum atomic E-state index is 11.6. The Morgan fingerprint density at radius 3 is 2.20 bits per heavy atom. The first-order chi connectivity index (χ1) is 9.49. The molecule has 0 unspecified atom stereocenters. The van der Waals surface area contributed by atoms with Crippen molar-refractivity contribution in [2.24, 2.45) is 0 Å². The first-order valence-electron chi connectivity index (χ1n) is 5.91. The summed E-state index contributed by atoms with van der Waals surface area (Å²) in [4.78, 5) is 31.8. The van der Waals surface area contributed by atoms with Gasteiger partial charge in [0.25, 0.3) is 5.69 Å². The minimum atomic E-state index is -0.685. The Kier molecular flexibility index (Phi) is 3.74. The van der Waals surface area contributed by atoms with Crippen molar-refractivity contribution in [1.29, 1.82) is 0 Å². The van der Waals surface area contributed by atoms with Gasteiger partial charge in [-0.05, 0) is 25.0 Å². The second kappa shape index (κ2) is 5.47. The van der Waals surface area contributed by atoms with Crippen LogP contribution < -0.4 is 5.32 Å². The van der Waals surface area contributed by atoms with Crippen molar-refractivity contribution in [2.45, 2.75) is 19.3 Å². The van der Waals surface area contributed by atoms with Crippen LogP contribution in [0.5, 0.6) is 0 Å². The normalized spacial score (nSPS) is 15.1. The van der Waals surface area contributed by atoms with E-state index in [9.17, 15) is 25.0 Å². The topological polar surface area (TPSA) is 115 Å². The average molecular weight is 277 g/mol. The summed E-state index contributed by atoms with van der Waals surface area (Å²) in [5.74, 6) is -0.495. The Morgan fingerprint density at radius 2 is 1.65 bits per heavy atom. The van der Waals surface area contributed by atoms with Crippen LogP contribution in [0.2, 0.25) is 0 Å². The number of nitrogens with one attached hydrogen (secondary N) is 1. The third-order valence-electron chi connectivity index (χ3n) is 2.94. The predicted octanol–water partition coefficient (Wildman–Crippen LogP) is 2.25. The first kappa shape index (κ1) is 13.7. The monoisotopic (exact) mass is 277 g/mol. The molecule has 0 saturated heterocycles. The van der Waals surface area contributed by atoms with E-state index in [0.717, 1.165) is 0 Å². The number of allylic oxidation sites excluding steroid dienone is 2. The molecule has 0 bridgehead atoms. The molecule has 1 N–H and O–H groups in total. The number of ketones is 1. The Labute approximate surface area is 113 Å². The highest BCUT2D eigenvalue weighted by molar-refractivity contribution is 5.95. The Balaban J connectivity index is 2.27. The van der Waals surface area contributed by atoms with Crippen molar-refractivity contribution < 1.29 is 14.6 Å². The summed E-state index contributed by atoms with van der Waals surface area (Å²) in [5.41, 5.74) is 0.230. The summed E-state index contributed by atoms with van der Waals surface area (Å²) in [5, 5.41) is 24.2. The lowest BCUT2D eigenvalue weighted by Gasteiger charge is -2.15. The lowest BCUT2D eigenvalue weighted by Crippen LogP contribution is -2.21. The van der Waals surface area contributed by atoms with Crippen molar-refractivity contribution in [3.63, 3.8) is 0 Å². The molecule has 0 amide bonds. The quantitative estimate of drug-likeness (QED) is 0.666. The van der Waals surface area contributed by atoms with Crippen molar-refractivity contribution in [1.82, 2.24) is 0 Å². The molecule has 104 valence electrons. The van der Waals surface area contributed by atoms with Gasteiger partial charge in [0.2, 0.25) is 5.78 Å². The molecule has 0 radical (unpaired) electrons. The summed E-state index contributed by atoms with van der Waals surface area (Å²) < 4.78 is 0. The number of carbonyl (C=O) groups excluding carboxylic acids is 1. The molecule has 1 aliphatic rings. The lowest BCUT2D eigenvalue weighted by atomic mass is 10.00. The molecule has 0 saturated carbocycles. The number of hydrogen-bond donors (Lipinski definition) is 1. The van der Waals surface area contributed by atoms with Crippen LogP contribution in [0, 0.1) is 20.2 Å². The maximum Gasteiger partial charge on any atom is 0.330 e. The van der Waals surface area contributed by atoms with Gasteiger partial charge in [-0.15, -0.1) is 0 Å². The average Bonchev–Trinajstić information content (AvgIpc) is 2.39.